The Balaban J connectivity index is 0.00000196. The van der Waals surface area contributed by atoms with Crippen LogP contribution in [0.2, 0.25) is 0 Å². The van der Waals surface area contributed by atoms with Crippen LogP contribution in [0.25, 0.3) is 10.8 Å². The van der Waals surface area contributed by atoms with Crippen molar-refractivity contribution in [1.82, 2.24) is 14.2 Å². The number of nitrogens with zero attached hydrogens (tertiary/aromatic N) is 3. The molecule has 1 aromatic heterocycles. The highest BCUT2D eigenvalue weighted by Gasteiger charge is 2.34. The van der Waals surface area contributed by atoms with E-state index in [2.05, 4.69) is 4.98 Å². The van der Waals surface area contributed by atoms with Crippen molar-refractivity contribution in [1.29, 1.82) is 0 Å². The van der Waals surface area contributed by atoms with Gasteiger partial charge in [-0.25, -0.2) is 8.42 Å². The summed E-state index contributed by atoms with van der Waals surface area (Å²) in [4.78, 5) is 18.0. The molecule has 0 unspecified atom stereocenters. The van der Waals surface area contributed by atoms with Gasteiger partial charge in [0.15, 0.2) is 0 Å². The van der Waals surface area contributed by atoms with Crippen molar-refractivity contribution in [2.24, 2.45) is 5.73 Å². The van der Waals surface area contributed by atoms with Gasteiger partial charge in [-0.3, -0.25) is 9.78 Å². The summed E-state index contributed by atoms with van der Waals surface area (Å²) in [5, 5.41) is 1.50. The highest BCUT2D eigenvalue weighted by molar-refractivity contribution is 7.89. The number of benzene rings is 1. The SMILES string of the molecule is Cc1cncc2cccc(S(=O)(=O)N3CCCN(C(=O)CN)C[C@@H]3C)c12.Cl.Cl. The van der Waals surface area contributed by atoms with Crippen LogP contribution in [0.4, 0.5) is 0 Å². The fraction of sp³-hybridized carbons (Fsp3) is 0.444. The number of hydrogen-bond acceptors (Lipinski definition) is 5. The summed E-state index contributed by atoms with van der Waals surface area (Å²) >= 11 is 0. The van der Waals surface area contributed by atoms with Gasteiger partial charge in [0.1, 0.15) is 0 Å². The zero-order valence-electron chi connectivity index (χ0n) is 15.9. The summed E-state index contributed by atoms with van der Waals surface area (Å²) < 4.78 is 28.4. The van der Waals surface area contributed by atoms with Crippen LogP contribution in [0.3, 0.4) is 0 Å². The Bertz CT molecular complexity index is 934. The molecule has 10 heteroatoms. The molecule has 1 aliphatic heterocycles. The molecule has 28 heavy (non-hydrogen) atoms. The highest BCUT2D eigenvalue weighted by atomic mass is 35.5. The van der Waals surface area contributed by atoms with Gasteiger partial charge in [0.25, 0.3) is 0 Å². The summed E-state index contributed by atoms with van der Waals surface area (Å²) in [6, 6.07) is 4.92. The third-order valence-corrected chi connectivity index (χ3v) is 6.89. The van der Waals surface area contributed by atoms with E-state index in [4.69, 9.17) is 5.73 Å². The van der Waals surface area contributed by atoms with Crippen LogP contribution < -0.4 is 5.73 Å². The fourth-order valence-electron chi connectivity index (χ4n) is 3.56. The van der Waals surface area contributed by atoms with Gasteiger partial charge >= 0.3 is 0 Å². The molecule has 1 saturated heterocycles. The standard InChI is InChI=1S/C18H24N4O3S.2ClH/c1-13-10-20-11-15-5-3-6-16(18(13)15)26(24,25)22-8-4-7-21(12-14(22)2)17(23)9-19;;/h3,5-6,10-11,14H,4,7-9,12,19H2,1-2H3;2*1H/t14-;;/m0../s1. The summed E-state index contributed by atoms with van der Waals surface area (Å²) in [6.45, 7) is 4.87. The van der Waals surface area contributed by atoms with E-state index in [0.717, 1.165) is 10.9 Å². The van der Waals surface area contributed by atoms with Gasteiger partial charge in [0.2, 0.25) is 15.9 Å². The molecule has 0 bridgehead atoms. The maximum Gasteiger partial charge on any atom is 0.244 e. The molecule has 1 atom stereocenters. The quantitative estimate of drug-likeness (QED) is 0.773. The molecule has 0 radical (unpaired) electrons. The van der Waals surface area contributed by atoms with Crippen LogP contribution in [-0.2, 0) is 14.8 Å². The topological polar surface area (TPSA) is 96.6 Å². The first-order valence-electron chi connectivity index (χ1n) is 8.69. The van der Waals surface area contributed by atoms with Gasteiger partial charge in [0.05, 0.1) is 11.4 Å². The van der Waals surface area contributed by atoms with Crippen molar-refractivity contribution in [3.05, 3.63) is 36.2 Å². The molecule has 3 rings (SSSR count). The molecule has 0 saturated carbocycles. The lowest BCUT2D eigenvalue weighted by molar-refractivity contribution is -0.129. The smallest absolute Gasteiger partial charge is 0.244 e. The highest BCUT2D eigenvalue weighted by Crippen LogP contribution is 2.29. The monoisotopic (exact) mass is 448 g/mol. The molecular weight excluding hydrogens is 423 g/mol. The number of carbonyl (C=O) groups excluding carboxylic acids is 1. The summed E-state index contributed by atoms with van der Waals surface area (Å²) in [6.07, 6.45) is 3.93. The maximum absolute atomic E-state index is 13.4. The largest absolute Gasteiger partial charge is 0.340 e. The molecule has 2 aromatic rings. The number of hydrogen-bond donors (Lipinski definition) is 1. The average Bonchev–Trinajstić information content (AvgIpc) is 2.83. The van der Waals surface area contributed by atoms with Gasteiger partial charge in [-0.2, -0.15) is 4.31 Å². The van der Waals surface area contributed by atoms with E-state index in [-0.39, 0.29) is 43.3 Å². The Hall–Kier alpha value is -1.45. The molecule has 1 aromatic carbocycles. The van der Waals surface area contributed by atoms with Crippen LogP contribution >= 0.6 is 24.8 Å². The lowest BCUT2D eigenvalue weighted by atomic mass is 10.1. The van der Waals surface area contributed by atoms with Crippen molar-refractivity contribution in [3.8, 4) is 0 Å². The normalized spacial score (nSPS) is 18.1. The predicted octanol–water partition coefficient (Wildman–Crippen LogP) is 1.96. The Morgan fingerprint density at radius 3 is 2.64 bits per heavy atom. The second kappa shape index (κ2) is 9.84. The Kier molecular flexibility index (Phi) is 8.64. The molecule has 156 valence electrons. The molecule has 2 heterocycles. The number of aryl methyl sites for hydroxylation is 1. The van der Waals surface area contributed by atoms with Crippen LogP contribution in [0.1, 0.15) is 18.9 Å². The van der Waals surface area contributed by atoms with E-state index in [0.29, 0.717) is 36.3 Å². The summed E-state index contributed by atoms with van der Waals surface area (Å²) in [7, 11) is -3.70. The number of aromatic nitrogens is 1. The third-order valence-electron chi connectivity index (χ3n) is 4.83. The second-order valence-corrected chi connectivity index (χ2v) is 8.53. The Morgan fingerprint density at radius 1 is 1.25 bits per heavy atom. The van der Waals surface area contributed by atoms with E-state index < -0.39 is 10.0 Å². The zero-order chi connectivity index (χ0) is 18.9. The maximum atomic E-state index is 13.4. The van der Waals surface area contributed by atoms with E-state index in [1.54, 1.807) is 29.4 Å². The van der Waals surface area contributed by atoms with Crippen molar-refractivity contribution in [3.63, 3.8) is 0 Å². The minimum absolute atomic E-state index is 0. The van der Waals surface area contributed by atoms with Crippen LogP contribution in [0.5, 0.6) is 0 Å². The molecule has 1 aliphatic rings. The molecule has 0 spiro atoms. The molecule has 1 amide bonds. The third kappa shape index (κ3) is 4.58. The van der Waals surface area contributed by atoms with Crippen LogP contribution in [-0.4, -0.2) is 60.7 Å². The first-order valence-corrected chi connectivity index (χ1v) is 10.1. The Morgan fingerprint density at radius 2 is 1.96 bits per heavy atom. The number of rotatable bonds is 3. The second-order valence-electron chi connectivity index (χ2n) is 6.67. The van der Waals surface area contributed by atoms with Gasteiger partial charge in [0, 0.05) is 48.8 Å². The first kappa shape index (κ1) is 24.6. The van der Waals surface area contributed by atoms with Crippen molar-refractivity contribution < 1.29 is 13.2 Å². The molecule has 0 aliphatic carbocycles. The number of fused-ring (bicyclic) bond motifs is 1. The number of sulfonamides is 1. The zero-order valence-corrected chi connectivity index (χ0v) is 18.3. The number of amides is 1. The fourth-order valence-corrected chi connectivity index (χ4v) is 5.51. The van der Waals surface area contributed by atoms with Gasteiger partial charge < -0.3 is 10.6 Å². The molecular formula is C18H26Cl2N4O3S. The van der Waals surface area contributed by atoms with Gasteiger partial charge in [-0.05, 0) is 31.9 Å². The minimum atomic E-state index is -3.70. The number of carbonyl (C=O) groups is 1. The van der Waals surface area contributed by atoms with E-state index in [1.165, 1.54) is 4.31 Å². The number of pyridine rings is 1. The minimum Gasteiger partial charge on any atom is -0.340 e. The predicted molar refractivity (Wildman–Crippen MR) is 115 cm³/mol. The van der Waals surface area contributed by atoms with E-state index in [9.17, 15) is 13.2 Å². The van der Waals surface area contributed by atoms with Crippen molar-refractivity contribution in [2.45, 2.75) is 31.2 Å². The molecule has 2 N–H and O–H groups in total. The van der Waals surface area contributed by atoms with Crippen LogP contribution in [0.15, 0.2) is 35.5 Å². The van der Waals surface area contributed by atoms with E-state index in [1.807, 2.05) is 19.9 Å². The number of nitrogens with two attached hydrogens (primary N) is 1. The molecule has 7 nitrogen and oxygen atoms in total. The van der Waals surface area contributed by atoms with Crippen molar-refractivity contribution >= 4 is 51.5 Å². The summed E-state index contributed by atoms with van der Waals surface area (Å²) in [5.41, 5.74) is 6.28. The van der Waals surface area contributed by atoms with E-state index >= 15 is 0 Å². The molecule has 1 fully saturated rings. The van der Waals surface area contributed by atoms with Gasteiger partial charge in [-0.1, -0.05) is 12.1 Å². The van der Waals surface area contributed by atoms with Crippen LogP contribution in [0, 0.1) is 6.92 Å². The Labute approximate surface area is 178 Å². The first-order chi connectivity index (χ1) is 12.4. The average molecular weight is 449 g/mol. The van der Waals surface area contributed by atoms with Crippen molar-refractivity contribution in [2.75, 3.05) is 26.2 Å². The lowest BCUT2D eigenvalue weighted by Crippen LogP contribution is -2.45. The summed E-state index contributed by atoms with van der Waals surface area (Å²) in [5.74, 6) is -0.150. The number of halogens is 2. The lowest BCUT2D eigenvalue weighted by Gasteiger charge is -2.28. The van der Waals surface area contributed by atoms with Gasteiger partial charge in [-0.15, -0.1) is 24.8 Å².